The number of hydrogen-bond donors (Lipinski definition) is 1. The Labute approximate surface area is 102 Å². The Balaban J connectivity index is 1.74. The fourth-order valence-corrected chi connectivity index (χ4v) is 3.28. The predicted molar refractivity (Wildman–Crippen MR) is 69.7 cm³/mol. The van der Waals surface area contributed by atoms with Crippen LogP contribution in [-0.2, 0) is 0 Å². The summed E-state index contributed by atoms with van der Waals surface area (Å²) in [6.45, 7) is 5.79. The monoisotopic (exact) mass is 238 g/mol. The fourth-order valence-electron chi connectivity index (χ4n) is 2.63. The molecule has 3 unspecified atom stereocenters. The van der Waals surface area contributed by atoms with E-state index >= 15 is 0 Å². The molecule has 1 aromatic rings. The van der Waals surface area contributed by atoms with Crippen LogP contribution < -0.4 is 5.32 Å². The van der Waals surface area contributed by atoms with Gasteiger partial charge in [0.1, 0.15) is 0 Å². The van der Waals surface area contributed by atoms with Gasteiger partial charge in [0.15, 0.2) is 0 Å². The molecule has 0 radical (unpaired) electrons. The first-order valence-corrected chi connectivity index (χ1v) is 7.25. The Morgan fingerprint density at radius 1 is 1.56 bits per heavy atom. The minimum atomic E-state index is 0.463. The topological polar surface area (TPSA) is 24.9 Å². The van der Waals surface area contributed by atoms with Crippen LogP contribution in [0.1, 0.15) is 50.4 Å². The molecule has 0 aliphatic heterocycles. The molecule has 3 heteroatoms. The zero-order valence-electron chi connectivity index (χ0n) is 10.3. The molecule has 2 nitrogen and oxygen atoms in total. The largest absolute Gasteiger partial charge is 0.309 e. The zero-order chi connectivity index (χ0) is 11.4. The second-order valence-electron chi connectivity index (χ2n) is 5.17. The summed E-state index contributed by atoms with van der Waals surface area (Å²) in [6, 6.07) is 0.463. The molecule has 1 N–H and O–H groups in total. The van der Waals surface area contributed by atoms with Crippen molar-refractivity contribution in [2.75, 3.05) is 6.54 Å². The van der Waals surface area contributed by atoms with Gasteiger partial charge in [0, 0.05) is 17.1 Å². The molecule has 1 heterocycles. The third kappa shape index (κ3) is 3.29. The minimum Gasteiger partial charge on any atom is -0.309 e. The quantitative estimate of drug-likeness (QED) is 0.866. The maximum atomic E-state index is 4.13. The number of nitrogens with one attached hydrogen (secondary N) is 1. The van der Waals surface area contributed by atoms with Crippen LogP contribution in [0.3, 0.4) is 0 Å². The van der Waals surface area contributed by atoms with Gasteiger partial charge in [-0.2, -0.15) is 0 Å². The number of nitrogens with zero attached hydrogens (tertiary/aromatic N) is 1. The maximum Gasteiger partial charge on any atom is 0.0794 e. The smallest absolute Gasteiger partial charge is 0.0794 e. The van der Waals surface area contributed by atoms with Crippen molar-refractivity contribution in [2.24, 2.45) is 11.8 Å². The first-order valence-electron chi connectivity index (χ1n) is 6.37. The van der Waals surface area contributed by atoms with Crippen LogP contribution in [0.5, 0.6) is 0 Å². The standard InChI is InChI=1S/C13H22N2S/c1-10-4-3-5-12(6-10)7-15-11(2)13-8-14-9-16-13/h8-12,15H,3-7H2,1-2H3. The summed E-state index contributed by atoms with van der Waals surface area (Å²) >= 11 is 1.74. The third-order valence-corrected chi connectivity index (χ3v) is 4.59. The molecule has 1 aliphatic carbocycles. The van der Waals surface area contributed by atoms with Gasteiger partial charge in [-0.25, -0.2) is 0 Å². The normalized spacial score (nSPS) is 27.9. The summed E-state index contributed by atoms with van der Waals surface area (Å²) in [7, 11) is 0. The van der Waals surface area contributed by atoms with E-state index in [0.717, 1.165) is 11.8 Å². The van der Waals surface area contributed by atoms with Gasteiger partial charge in [0.05, 0.1) is 5.51 Å². The van der Waals surface area contributed by atoms with Gasteiger partial charge in [-0.05, 0) is 38.1 Å². The van der Waals surface area contributed by atoms with Crippen LogP contribution in [0.2, 0.25) is 0 Å². The number of hydrogen-bond acceptors (Lipinski definition) is 3. The highest BCUT2D eigenvalue weighted by atomic mass is 32.1. The van der Waals surface area contributed by atoms with Crippen molar-refractivity contribution in [3.63, 3.8) is 0 Å². The lowest BCUT2D eigenvalue weighted by molar-refractivity contribution is 0.269. The summed E-state index contributed by atoms with van der Waals surface area (Å²) in [5.74, 6) is 1.82. The highest BCUT2D eigenvalue weighted by molar-refractivity contribution is 7.09. The molecule has 0 aromatic carbocycles. The van der Waals surface area contributed by atoms with Crippen molar-refractivity contribution < 1.29 is 0 Å². The molecule has 1 fully saturated rings. The lowest BCUT2D eigenvalue weighted by Crippen LogP contribution is -2.28. The zero-order valence-corrected chi connectivity index (χ0v) is 11.1. The molecule has 0 bridgehead atoms. The number of aromatic nitrogens is 1. The van der Waals surface area contributed by atoms with E-state index < -0.39 is 0 Å². The Kier molecular flexibility index (Phi) is 4.36. The average Bonchev–Trinajstić information content (AvgIpc) is 2.79. The van der Waals surface area contributed by atoms with E-state index in [1.54, 1.807) is 11.3 Å². The fraction of sp³-hybridized carbons (Fsp3) is 0.769. The molecule has 1 aliphatic rings. The van der Waals surface area contributed by atoms with Crippen LogP contribution >= 0.6 is 11.3 Å². The minimum absolute atomic E-state index is 0.463. The summed E-state index contributed by atoms with van der Waals surface area (Å²) in [5.41, 5.74) is 1.91. The Bertz CT molecular complexity index is 297. The maximum absolute atomic E-state index is 4.13. The van der Waals surface area contributed by atoms with Crippen LogP contribution in [0.25, 0.3) is 0 Å². The van der Waals surface area contributed by atoms with Crippen molar-refractivity contribution >= 4 is 11.3 Å². The van der Waals surface area contributed by atoms with Gasteiger partial charge >= 0.3 is 0 Å². The summed E-state index contributed by atoms with van der Waals surface area (Å²) in [6.07, 6.45) is 7.64. The number of rotatable bonds is 4. The first-order chi connectivity index (χ1) is 7.75. The Hall–Kier alpha value is -0.410. The van der Waals surface area contributed by atoms with Crippen molar-refractivity contribution in [2.45, 2.75) is 45.6 Å². The van der Waals surface area contributed by atoms with E-state index in [0.29, 0.717) is 6.04 Å². The first kappa shape index (κ1) is 12.1. The van der Waals surface area contributed by atoms with Gasteiger partial charge in [0.25, 0.3) is 0 Å². The van der Waals surface area contributed by atoms with Crippen LogP contribution in [0.4, 0.5) is 0 Å². The van der Waals surface area contributed by atoms with Crippen LogP contribution in [0.15, 0.2) is 11.7 Å². The molecule has 3 atom stereocenters. The van der Waals surface area contributed by atoms with E-state index in [2.05, 4.69) is 24.1 Å². The van der Waals surface area contributed by atoms with E-state index in [9.17, 15) is 0 Å². The average molecular weight is 238 g/mol. The van der Waals surface area contributed by atoms with E-state index in [-0.39, 0.29) is 0 Å². The highest BCUT2D eigenvalue weighted by Gasteiger charge is 2.19. The van der Waals surface area contributed by atoms with Gasteiger partial charge in [-0.1, -0.05) is 19.8 Å². The summed E-state index contributed by atoms with van der Waals surface area (Å²) in [5, 5.41) is 3.65. The predicted octanol–water partition coefficient (Wildman–Crippen LogP) is 3.62. The van der Waals surface area contributed by atoms with Gasteiger partial charge in [-0.3, -0.25) is 4.98 Å². The molecular weight excluding hydrogens is 216 g/mol. The molecule has 0 spiro atoms. The highest BCUT2D eigenvalue weighted by Crippen LogP contribution is 2.28. The van der Waals surface area contributed by atoms with Crippen molar-refractivity contribution in [1.82, 2.24) is 10.3 Å². The van der Waals surface area contributed by atoms with E-state index in [1.807, 2.05) is 11.7 Å². The van der Waals surface area contributed by atoms with Crippen molar-refractivity contribution in [1.29, 1.82) is 0 Å². The summed E-state index contributed by atoms with van der Waals surface area (Å²) < 4.78 is 0. The van der Waals surface area contributed by atoms with Crippen LogP contribution in [0, 0.1) is 11.8 Å². The van der Waals surface area contributed by atoms with Gasteiger partial charge in [0.2, 0.25) is 0 Å². The number of thiazole rings is 1. The Morgan fingerprint density at radius 2 is 2.44 bits per heavy atom. The van der Waals surface area contributed by atoms with Crippen molar-refractivity contribution in [3.8, 4) is 0 Å². The second kappa shape index (κ2) is 5.78. The lowest BCUT2D eigenvalue weighted by Gasteiger charge is -2.27. The summed E-state index contributed by atoms with van der Waals surface area (Å²) in [4.78, 5) is 5.48. The van der Waals surface area contributed by atoms with E-state index in [1.165, 1.54) is 37.1 Å². The van der Waals surface area contributed by atoms with Crippen molar-refractivity contribution in [3.05, 3.63) is 16.6 Å². The SMILES string of the molecule is CC1CCCC(CNC(C)c2cncs2)C1. The second-order valence-corrected chi connectivity index (χ2v) is 6.09. The molecular formula is C13H22N2S. The Morgan fingerprint density at radius 3 is 3.12 bits per heavy atom. The van der Waals surface area contributed by atoms with E-state index in [4.69, 9.17) is 0 Å². The molecule has 0 saturated heterocycles. The van der Waals surface area contributed by atoms with Gasteiger partial charge < -0.3 is 5.32 Å². The molecule has 0 amide bonds. The molecule has 16 heavy (non-hydrogen) atoms. The lowest BCUT2D eigenvalue weighted by atomic mass is 9.82. The molecule has 90 valence electrons. The molecule has 1 aromatic heterocycles. The molecule has 2 rings (SSSR count). The third-order valence-electron chi connectivity index (χ3n) is 3.64. The molecule has 1 saturated carbocycles. The van der Waals surface area contributed by atoms with Gasteiger partial charge in [-0.15, -0.1) is 11.3 Å². The van der Waals surface area contributed by atoms with Crippen LogP contribution in [-0.4, -0.2) is 11.5 Å².